The molecule has 0 bridgehead atoms. The van der Waals surface area contributed by atoms with Crippen molar-refractivity contribution >= 4 is 0 Å². The van der Waals surface area contributed by atoms with Crippen molar-refractivity contribution in [2.24, 2.45) is 5.73 Å². The standard InChI is InChI=1S/C9H11N3O/c1-6-2-3-8(13-6)9(10)7-4-5-11-12-7/h2-5,9H,10H2,1H3,(H,11,12). The Bertz CT molecular complexity index is 377. The van der Waals surface area contributed by atoms with Crippen LogP contribution in [0.15, 0.2) is 28.8 Å². The Hall–Kier alpha value is -1.55. The summed E-state index contributed by atoms with van der Waals surface area (Å²) in [4.78, 5) is 0. The van der Waals surface area contributed by atoms with Gasteiger partial charge in [-0.2, -0.15) is 5.10 Å². The molecular formula is C9H11N3O. The van der Waals surface area contributed by atoms with E-state index in [2.05, 4.69) is 10.2 Å². The van der Waals surface area contributed by atoms with Crippen LogP contribution in [0.5, 0.6) is 0 Å². The van der Waals surface area contributed by atoms with Gasteiger partial charge in [0.1, 0.15) is 17.6 Å². The van der Waals surface area contributed by atoms with Crippen LogP contribution in [0.3, 0.4) is 0 Å². The van der Waals surface area contributed by atoms with Crippen molar-refractivity contribution in [1.29, 1.82) is 0 Å². The number of aromatic nitrogens is 2. The van der Waals surface area contributed by atoms with Crippen molar-refractivity contribution < 1.29 is 4.42 Å². The van der Waals surface area contributed by atoms with Gasteiger partial charge in [-0.15, -0.1) is 0 Å². The van der Waals surface area contributed by atoms with Crippen LogP contribution in [0, 0.1) is 6.92 Å². The maximum atomic E-state index is 5.91. The normalized spacial score (nSPS) is 13.1. The molecule has 0 aliphatic carbocycles. The molecule has 13 heavy (non-hydrogen) atoms. The minimum absolute atomic E-state index is 0.254. The number of rotatable bonds is 2. The smallest absolute Gasteiger partial charge is 0.126 e. The third kappa shape index (κ3) is 1.48. The SMILES string of the molecule is Cc1ccc(C(N)c2ccn[nH]2)o1. The number of hydrogen-bond acceptors (Lipinski definition) is 3. The van der Waals surface area contributed by atoms with E-state index in [0.717, 1.165) is 17.2 Å². The lowest BCUT2D eigenvalue weighted by Crippen LogP contribution is -2.11. The van der Waals surface area contributed by atoms with Gasteiger partial charge in [0.25, 0.3) is 0 Å². The first kappa shape index (κ1) is 8.07. The zero-order chi connectivity index (χ0) is 9.26. The number of nitrogens with two attached hydrogens (primary N) is 1. The minimum atomic E-state index is -0.254. The maximum Gasteiger partial charge on any atom is 0.126 e. The molecule has 3 N–H and O–H groups in total. The molecule has 2 aromatic heterocycles. The molecule has 4 nitrogen and oxygen atoms in total. The third-order valence-electron chi connectivity index (χ3n) is 1.93. The number of nitrogens with zero attached hydrogens (tertiary/aromatic N) is 1. The zero-order valence-corrected chi connectivity index (χ0v) is 7.32. The van der Waals surface area contributed by atoms with E-state index < -0.39 is 0 Å². The lowest BCUT2D eigenvalue weighted by Gasteiger charge is -2.04. The quantitative estimate of drug-likeness (QED) is 0.727. The number of aromatic amines is 1. The minimum Gasteiger partial charge on any atom is -0.464 e. The average molecular weight is 177 g/mol. The molecule has 0 radical (unpaired) electrons. The van der Waals surface area contributed by atoms with Crippen molar-refractivity contribution in [3.05, 3.63) is 41.6 Å². The molecule has 0 spiro atoms. The second-order valence-corrected chi connectivity index (χ2v) is 2.94. The van der Waals surface area contributed by atoms with Gasteiger partial charge in [0.2, 0.25) is 0 Å². The summed E-state index contributed by atoms with van der Waals surface area (Å²) in [7, 11) is 0. The zero-order valence-electron chi connectivity index (χ0n) is 7.32. The number of furan rings is 1. The Labute approximate surface area is 75.7 Å². The van der Waals surface area contributed by atoms with Gasteiger partial charge in [-0.25, -0.2) is 0 Å². The lowest BCUT2D eigenvalue weighted by molar-refractivity contribution is 0.463. The first-order chi connectivity index (χ1) is 6.27. The van der Waals surface area contributed by atoms with E-state index in [0.29, 0.717) is 0 Å². The van der Waals surface area contributed by atoms with E-state index in [1.807, 2.05) is 25.1 Å². The van der Waals surface area contributed by atoms with Gasteiger partial charge in [0, 0.05) is 6.20 Å². The highest BCUT2D eigenvalue weighted by molar-refractivity contribution is 5.19. The monoisotopic (exact) mass is 177 g/mol. The summed E-state index contributed by atoms with van der Waals surface area (Å²) < 4.78 is 5.40. The van der Waals surface area contributed by atoms with Crippen molar-refractivity contribution in [3.8, 4) is 0 Å². The molecule has 0 aliphatic heterocycles. The van der Waals surface area contributed by atoms with Gasteiger partial charge in [-0.1, -0.05) is 0 Å². The fourth-order valence-corrected chi connectivity index (χ4v) is 1.21. The second-order valence-electron chi connectivity index (χ2n) is 2.94. The molecule has 0 saturated carbocycles. The molecule has 1 unspecified atom stereocenters. The van der Waals surface area contributed by atoms with E-state index in [1.54, 1.807) is 6.20 Å². The summed E-state index contributed by atoms with van der Waals surface area (Å²) in [5.74, 6) is 1.62. The van der Waals surface area contributed by atoms with Crippen LogP contribution in [-0.2, 0) is 0 Å². The fraction of sp³-hybridized carbons (Fsp3) is 0.222. The molecule has 0 fully saturated rings. The topological polar surface area (TPSA) is 67.8 Å². The van der Waals surface area contributed by atoms with Crippen LogP contribution >= 0.6 is 0 Å². The Kier molecular flexibility index (Phi) is 1.90. The molecule has 0 amide bonds. The Morgan fingerprint density at radius 2 is 2.31 bits per heavy atom. The van der Waals surface area contributed by atoms with Gasteiger partial charge < -0.3 is 10.2 Å². The van der Waals surface area contributed by atoms with Crippen molar-refractivity contribution in [2.75, 3.05) is 0 Å². The van der Waals surface area contributed by atoms with Crippen molar-refractivity contribution in [2.45, 2.75) is 13.0 Å². The molecule has 2 heterocycles. The van der Waals surface area contributed by atoms with Crippen LogP contribution in [0.2, 0.25) is 0 Å². The average Bonchev–Trinajstić information content (AvgIpc) is 2.72. The summed E-state index contributed by atoms with van der Waals surface area (Å²) >= 11 is 0. The molecular weight excluding hydrogens is 166 g/mol. The lowest BCUT2D eigenvalue weighted by atomic mass is 10.2. The fourth-order valence-electron chi connectivity index (χ4n) is 1.21. The number of hydrogen-bond donors (Lipinski definition) is 2. The van der Waals surface area contributed by atoms with E-state index in [4.69, 9.17) is 10.2 Å². The molecule has 1 atom stereocenters. The summed E-state index contributed by atoms with van der Waals surface area (Å²) in [5, 5.41) is 6.64. The molecule has 2 aromatic rings. The van der Waals surface area contributed by atoms with Crippen LogP contribution in [0.1, 0.15) is 23.3 Å². The second kappa shape index (κ2) is 3.06. The number of nitrogens with one attached hydrogen (secondary N) is 1. The number of aryl methyl sites for hydroxylation is 1. The summed E-state index contributed by atoms with van der Waals surface area (Å²) in [6.45, 7) is 1.89. The van der Waals surface area contributed by atoms with Crippen LogP contribution in [-0.4, -0.2) is 10.2 Å². The summed E-state index contributed by atoms with van der Waals surface area (Å²) in [5.41, 5.74) is 6.76. The van der Waals surface area contributed by atoms with E-state index in [1.165, 1.54) is 0 Å². The first-order valence-corrected chi connectivity index (χ1v) is 4.08. The van der Waals surface area contributed by atoms with Gasteiger partial charge in [0.15, 0.2) is 0 Å². The van der Waals surface area contributed by atoms with Crippen LogP contribution in [0.25, 0.3) is 0 Å². The van der Waals surface area contributed by atoms with E-state index in [9.17, 15) is 0 Å². The molecule has 0 aliphatic rings. The maximum absolute atomic E-state index is 5.91. The molecule has 0 saturated heterocycles. The van der Waals surface area contributed by atoms with Gasteiger partial charge >= 0.3 is 0 Å². The van der Waals surface area contributed by atoms with Gasteiger partial charge in [-0.05, 0) is 25.1 Å². The highest BCUT2D eigenvalue weighted by Gasteiger charge is 2.12. The van der Waals surface area contributed by atoms with E-state index >= 15 is 0 Å². The van der Waals surface area contributed by atoms with Crippen molar-refractivity contribution in [3.63, 3.8) is 0 Å². The third-order valence-corrected chi connectivity index (χ3v) is 1.93. The summed E-state index contributed by atoms with van der Waals surface area (Å²) in [6, 6.07) is 5.35. The Morgan fingerprint density at radius 3 is 2.85 bits per heavy atom. The summed E-state index contributed by atoms with van der Waals surface area (Å²) in [6.07, 6.45) is 1.67. The predicted molar refractivity (Wildman–Crippen MR) is 48.1 cm³/mol. The largest absolute Gasteiger partial charge is 0.464 e. The number of H-pyrrole nitrogens is 1. The van der Waals surface area contributed by atoms with Gasteiger partial charge in [0.05, 0.1) is 5.69 Å². The van der Waals surface area contributed by atoms with Crippen molar-refractivity contribution in [1.82, 2.24) is 10.2 Å². The van der Waals surface area contributed by atoms with Crippen LogP contribution < -0.4 is 5.73 Å². The molecule has 4 heteroatoms. The van der Waals surface area contributed by atoms with E-state index in [-0.39, 0.29) is 6.04 Å². The predicted octanol–water partition coefficient (Wildman–Crippen LogP) is 1.36. The highest BCUT2D eigenvalue weighted by Crippen LogP contribution is 2.19. The molecule has 0 aromatic carbocycles. The highest BCUT2D eigenvalue weighted by atomic mass is 16.3. The first-order valence-electron chi connectivity index (χ1n) is 4.08. The molecule has 2 rings (SSSR count). The Morgan fingerprint density at radius 1 is 1.46 bits per heavy atom. The molecule has 68 valence electrons. The van der Waals surface area contributed by atoms with Crippen LogP contribution in [0.4, 0.5) is 0 Å². The van der Waals surface area contributed by atoms with Gasteiger partial charge in [-0.3, -0.25) is 5.10 Å². The Balaban J connectivity index is 2.28.